The van der Waals surface area contributed by atoms with Gasteiger partial charge in [-0.2, -0.15) is 0 Å². The predicted molar refractivity (Wildman–Crippen MR) is 140 cm³/mol. The molecule has 1 atom stereocenters. The van der Waals surface area contributed by atoms with Crippen molar-refractivity contribution in [2.75, 3.05) is 13.1 Å². The number of aromatic nitrogens is 1. The monoisotopic (exact) mass is 454 g/mol. The van der Waals surface area contributed by atoms with Crippen LogP contribution in [0.1, 0.15) is 50.4 Å². The smallest absolute Gasteiger partial charge is 0.113 e. The van der Waals surface area contributed by atoms with Crippen LogP contribution in [0.15, 0.2) is 72.9 Å². The largest absolute Gasteiger partial charge is 0.297 e. The summed E-state index contributed by atoms with van der Waals surface area (Å²) in [5.41, 5.74) is 6.47. The van der Waals surface area contributed by atoms with Crippen molar-refractivity contribution < 1.29 is 0 Å². The van der Waals surface area contributed by atoms with Crippen LogP contribution in [-0.2, 0) is 0 Å². The minimum atomic E-state index is 0.471. The van der Waals surface area contributed by atoms with Gasteiger partial charge in [-0.05, 0) is 98.6 Å². The molecular weight excluding hydrogens is 424 g/mol. The van der Waals surface area contributed by atoms with Crippen molar-refractivity contribution in [3.05, 3.63) is 94.8 Å². The van der Waals surface area contributed by atoms with Crippen LogP contribution in [0.25, 0.3) is 16.7 Å². The zero-order valence-corrected chi connectivity index (χ0v) is 20.4. The van der Waals surface area contributed by atoms with Crippen molar-refractivity contribution >= 4 is 17.2 Å². The molecule has 2 aromatic carbocycles. The van der Waals surface area contributed by atoms with Crippen molar-refractivity contribution in [1.82, 2.24) is 9.88 Å². The Bertz CT molecular complexity index is 1140. The standard InChI is InChI=1S/C30H31ClN2/c1-22-16-18-33(19-17-22)24(3)20-23(2)26-7-4-25(5-8-26)6-14-30-15-11-28(21-32-30)27-9-12-29(31)13-10-27/h4-5,7-13,15,20-22,24H,16-19H2,1-3H3. The zero-order valence-electron chi connectivity index (χ0n) is 19.7. The van der Waals surface area contributed by atoms with E-state index < -0.39 is 0 Å². The molecule has 2 heterocycles. The van der Waals surface area contributed by atoms with Crippen LogP contribution >= 0.6 is 11.6 Å². The zero-order chi connectivity index (χ0) is 23.2. The van der Waals surface area contributed by atoms with Gasteiger partial charge in [0, 0.05) is 28.4 Å². The van der Waals surface area contributed by atoms with Gasteiger partial charge in [0.1, 0.15) is 5.69 Å². The first-order valence-corrected chi connectivity index (χ1v) is 12.1. The Balaban J connectivity index is 1.39. The third kappa shape index (κ3) is 6.35. The van der Waals surface area contributed by atoms with E-state index in [1.165, 1.54) is 37.1 Å². The second-order valence-electron chi connectivity index (χ2n) is 9.08. The highest BCUT2D eigenvalue weighted by atomic mass is 35.5. The molecule has 1 fully saturated rings. The molecule has 4 rings (SSSR count). The van der Waals surface area contributed by atoms with Gasteiger partial charge in [-0.15, -0.1) is 0 Å². The van der Waals surface area contributed by atoms with Crippen molar-refractivity contribution in [3.63, 3.8) is 0 Å². The molecule has 0 saturated carbocycles. The molecule has 2 nitrogen and oxygen atoms in total. The van der Waals surface area contributed by atoms with E-state index in [1.807, 2.05) is 42.6 Å². The van der Waals surface area contributed by atoms with Crippen LogP contribution in [0.4, 0.5) is 0 Å². The fraction of sp³-hybridized carbons (Fsp3) is 0.300. The van der Waals surface area contributed by atoms with Gasteiger partial charge in [-0.3, -0.25) is 4.90 Å². The second-order valence-corrected chi connectivity index (χ2v) is 9.51. The van der Waals surface area contributed by atoms with Crippen LogP contribution in [0.5, 0.6) is 0 Å². The lowest BCUT2D eigenvalue weighted by Gasteiger charge is -2.34. The molecule has 0 spiro atoms. The van der Waals surface area contributed by atoms with E-state index in [1.54, 1.807) is 0 Å². The summed E-state index contributed by atoms with van der Waals surface area (Å²) in [7, 11) is 0. The fourth-order valence-corrected chi connectivity index (χ4v) is 4.36. The summed E-state index contributed by atoms with van der Waals surface area (Å²) in [6, 6.07) is 20.8. The van der Waals surface area contributed by atoms with Gasteiger partial charge in [0.2, 0.25) is 0 Å². The minimum absolute atomic E-state index is 0.471. The third-order valence-corrected chi connectivity index (χ3v) is 6.75. The highest BCUT2D eigenvalue weighted by Crippen LogP contribution is 2.22. The van der Waals surface area contributed by atoms with Gasteiger partial charge in [0.25, 0.3) is 0 Å². The Labute approximate surface area is 203 Å². The first-order valence-electron chi connectivity index (χ1n) is 11.7. The molecule has 0 N–H and O–H groups in total. The molecule has 0 bridgehead atoms. The second kappa shape index (κ2) is 10.8. The lowest BCUT2D eigenvalue weighted by molar-refractivity contribution is 0.169. The average molecular weight is 455 g/mol. The Morgan fingerprint density at radius 1 is 0.970 bits per heavy atom. The third-order valence-electron chi connectivity index (χ3n) is 6.50. The number of halogens is 1. The van der Waals surface area contributed by atoms with Crippen molar-refractivity contribution in [3.8, 4) is 23.0 Å². The van der Waals surface area contributed by atoms with Gasteiger partial charge in [0.05, 0.1) is 0 Å². The summed E-state index contributed by atoms with van der Waals surface area (Å²) in [5, 5.41) is 0.733. The Morgan fingerprint density at radius 2 is 1.64 bits per heavy atom. The number of piperidine rings is 1. The van der Waals surface area contributed by atoms with Gasteiger partial charge >= 0.3 is 0 Å². The van der Waals surface area contributed by atoms with Crippen LogP contribution in [0.2, 0.25) is 5.02 Å². The number of benzene rings is 2. The van der Waals surface area contributed by atoms with E-state index in [0.29, 0.717) is 6.04 Å². The maximum atomic E-state index is 5.97. The fourth-order valence-electron chi connectivity index (χ4n) is 4.23. The van der Waals surface area contributed by atoms with E-state index in [-0.39, 0.29) is 0 Å². The summed E-state index contributed by atoms with van der Waals surface area (Å²) < 4.78 is 0. The molecule has 0 radical (unpaired) electrons. The van der Waals surface area contributed by atoms with Crippen LogP contribution in [0, 0.1) is 17.8 Å². The van der Waals surface area contributed by atoms with Gasteiger partial charge < -0.3 is 0 Å². The van der Waals surface area contributed by atoms with E-state index >= 15 is 0 Å². The summed E-state index contributed by atoms with van der Waals surface area (Å²) in [6.07, 6.45) is 6.87. The lowest BCUT2D eigenvalue weighted by atomic mass is 9.97. The van der Waals surface area contributed by atoms with Crippen molar-refractivity contribution in [1.29, 1.82) is 0 Å². The summed E-state index contributed by atoms with van der Waals surface area (Å²) in [5.74, 6) is 7.27. The van der Waals surface area contributed by atoms with Crippen molar-refractivity contribution in [2.24, 2.45) is 5.92 Å². The number of pyridine rings is 1. The lowest BCUT2D eigenvalue weighted by Crippen LogP contribution is -2.38. The Kier molecular flexibility index (Phi) is 7.65. The van der Waals surface area contributed by atoms with E-state index in [0.717, 1.165) is 33.3 Å². The average Bonchev–Trinajstić information content (AvgIpc) is 2.84. The van der Waals surface area contributed by atoms with E-state index in [2.05, 4.69) is 72.8 Å². The first-order chi connectivity index (χ1) is 16.0. The molecular formula is C30H31ClN2. The van der Waals surface area contributed by atoms with Crippen molar-refractivity contribution in [2.45, 2.75) is 39.7 Å². The molecule has 0 amide bonds. The number of allylic oxidation sites excluding steroid dienone is 1. The molecule has 1 aromatic heterocycles. The topological polar surface area (TPSA) is 16.1 Å². The molecule has 33 heavy (non-hydrogen) atoms. The number of nitrogens with zero attached hydrogens (tertiary/aromatic N) is 2. The molecule has 168 valence electrons. The first kappa shape index (κ1) is 23.3. The highest BCUT2D eigenvalue weighted by molar-refractivity contribution is 6.30. The summed E-state index contributed by atoms with van der Waals surface area (Å²) in [6.45, 7) is 9.28. The van der Waals surface area contributed by atoms with Crippen LogP contribution in [-0.4, -0.2) is 29.0 Å². The van der Waals surface area contributed by atoms with Crippen LogP contribution < -0.4 is 0 Å². The highest BCUT2D eigenvalue weighted by Gasteiger charge is 2.19. The van der Waals surface area contributed by atoms with Gasteiger partial charge in [0.15, 0.2) is 0 Å². The summed E-state index contributed by atoms with van der Waals surface area (Å²) in [4.78, 5) is 7.09. The summed E-state index contributed by atoms with van der Waals surface area (Å²) >= 11 is 5.97. The molecule has 1 aliphatic rings. The minimum Gasteiger partial charge on any atom is -0.297 e. The van der Waals surface area contributed by atoms with E-state index in [4.69, 9.17) is 11.6 Å². The van der Waals surface area contributed by atoms with E-state index in [9.17, 15) is 0 Å². The molecule has 1 aliphatic heterocycles. The Morgan fingerprint density at radius 3 is 2.27 bits per heavy atom. The molecule has 3 aromatic rings. The quantitative estimate of drug-likeness (QED) is 0.384. The molecule has 3 heteroatoms. The number of rotatable bonds is 4. The molecule has 0 aliphatic carbocycles. The number of hydrogen-bond donors (Lipinski definition) is 0. The van der Waals surface area contributed by atoms with Gasteiger partial charge in [-0.1, -0.05) is 60.9 Å². The molecule has 1 saturated heterocycles. The number of likely N-dealkylation sites (tertiary alicyclic amines) is 1. The van der Waals surface area contributed by atoms with Gasteiger partial charge in [-0.25, -0.2) is 4.98 Å². The predicted octanol–water partition coefficient (Wildman–Crippen LogP) is 7.33. The maximum Gasteiger partial charge on any atom is 0.113 e. The Hall–Kier alpha value is -2.86. The molecule has 1 unspecified atom stereocenters. The van der Waals surface area contributed by atoms with Crippen LogP contribution in [0.3, 0.4) is 0 Å². The number of hydrogen-bond acceptors (Lipinski definition) is 2. The normalized spacial score (nSPS) is 16.2. The maximum absolute atomic E-state index is 5.97. The SMILES string of the molecule is CC(=CC(C)N1CCC(C)CC1)c1ccc(C#Cc2ccc(-c3ccc(Cl)cc3)cn2)cc1.